The van der Waals surface area contributed by atoms with E-state index in [0.717, 1.165) is 85.4 Å². The minimum absolute atomic E-state index is 0.00407. The van der Waals surface area contributed by atoms with Gasteiger partial charge in [-0.05, 0) is 194 Å². The van der Waals surface area contributed by atoms with Gasteiger partial charge in [-0.3, -0.25) is 34.6 Å². The van der Waals surface area contributed by atoms with E-state index in [1.165, 1.54) is 48.7 Å². The second kappa shape index (κ2) is 47.5. The Labute approximate surface area is 724 Å². The van der Waals surface area contributed by atoms with Crippen molar-refractivity contribution in [1.29, 1.82) is 0 Å². The number of nitrogens with two attached hydrogens (primary N) is 3. The smallest absolute Gasteiger partial charge is 0.269 e. The summed E-state index contributed by atoms with van der Waals surface area (Å²) in [5, 5.41) is 35.6. The van der Waals surface area contributed by atoms with E-state index in [9.17, 15) is 34.6 Å². The van der Waals surface area contributed by atoms with Gasteiger partial charge in [0.2, 0.25) is 34.9 Å². The van der Waals surface area contributed by atoms with Crippen LogP contribution < -0.4 is 62.7 Å². The lowest BCUT2D eigenvalue weighted by molar-refractivity contribution is -0.385. The number of aromatic nitrogens is 14. The van der Waals surface area contributed by atoms with Crippen LogP contribution >= 0.6 is 11.6 Å². The number of aromatic amines is 3. The van der Waals surface area contributed by atoms with Gasteiger partial charge in [-0.25, -0.2) is 34.9 Å². The van der Waals surface area contributed by atoms with Gasteiger partial charge in [0.05, 0.1) is 66.7 Å². The van der Waals surface area contributed by atoms with Crippen LogP contribution in [0.1, 0.15) is 10.4 Å². The Morgan fingerprint density at radius 2 is 0.698 bits per heavy atom. The summed E-state index contributed by atoms with van der Waals surface area (Å²) in [6, 6.07) is 56.3. The van der Waals surface area contributed by atoms with E-state index < -0.39 is 15.1 Å². The first-order valence-electron chi connectivity index (χ1n) is 37.9. The van der Waals surface area contributed by atoms with Crippen LogP contribution in [0.15, 0.2) is 244 Å². The molecule has 40 heteroatoms. The van der Waals surface area contributed by atoms with Gasteiger partial charge in [0, 0.05) is 109 Å². The zero-order valence-electron chi connectivity index (χ0n) is 68.1. The highest BCUT2D eigenvalue weighted by Gasteiger charge is 2.15. The monoisotopic (exact) mass is 1730 g/mol. The van der Waals surface area contributed by atoms with Crippen LogP contribution in [0.4, 0.5) is 80.8 Å². The highest BCUT2D eigenvalue weighted by atomic mass is 35.5. The Bertz CT molecular complexity index is 6060. The lowest BCUT2D eigenvalue weighted by Crippen LogP contribution is -2.06. The Hall–Kier alpha value is -16.5. The van der Waals surface area contributed by atoms with E-state index in [0.29, 0.717) is 140 Å². The average molecular weight is 1730 g/mol. The third-order valence-corrected chi connectivity index (χ3v) is 16.9. The number of halogens is 1. The molecule has 14 N–H and O–H groups in total. The highest BCUT2D eigenvalue weighted by molar-refractivity contribution is 6.66. The van der Waals surface area contributed by atoms with Crippen molar-refractivity contribution >= 4 is 143 Å². The third kappa shape index (κ3) is 28.9. The van der Waals surface area contributed by atoms with Crippen LogP contribution in [-0.4, -0.2) is 178 Å². The molecule has 0 atom stereocenters. The van der Waals surface area contributed by atoms with Crippen LogP contribution in [-0.2, 0) is 28.5 Å². The summed E-state index contributed by atoms with van der Waals surface area (Å²) in [7, 11) is 6.54. The SMILES string of the molecule is C=CC(=O)Cl.C=CC(=O)Nc1ccc(-c2nc3nc(Nc4ccc(OCCOC)cc4)ncc3[nH]2)cc1.COCCOc1ccc(Nc2ncc(N)c(N)n2)cc1.COCCOc1ccc(Nc2ncc3[nH]c(-c4ccc(N)cc4)nc3n2)cc1.COCCOc1ccc(Nc2ncc3[nH]c(-c4ccc([N+](=O)[O-])cc4)nc3n2)cc1.O=Cc1ccc([N+](=O)[O-])cc1. The number of nitrogens with one attached hydrogen (secondary N) is 8. The predicted octanol–water partition coefficient (Wildman–Crippen LogP) is 14.7. The van der Waals surface area contributed by atoms with Crippen molar-refractivity contribution in [3.8, 4) is 57.2 Å². The molecule has 126 heavy (non-hydrogen) atoms. The number of rotatable bonds is 33. The normalized spacial score (nSPS) is 10.4. The number of non-ortho nitro benzene ring substituents is 2. The number of nitrogens with zero attached hydrogens (tertiary/aromatic N) is 13. The fourth-order valence-corrected chi connectivity index (χ4v) is 10.5. The standard InChI is InChI=1S/C23H22N6O3.C20H18N6O4.C20H20N6O2.C13H17N5O2.C7H5NO3.C3H3ClO/c1-3-20(30)25-16-6-4-15(5-7-16)21-27-19-14-24-23(29-22(19)28-21)26-17-8-10-18(11-9-17)32-13-12-31-2;1-29-10-11-30-16-8-4-14(5-9-16)22-20-21-12-17-19(25-20)24-18(23-17)13-2-6-15(7-3-13)26(27)28;1-27-10-11-28-16-8-6-15(7-9-16)23-20-22-12-17-19(26-20)25-18(24-17)13-2-4-14(21)5-3-13;1-19-6-7-20-10-4-2-9(3-5-10)17-13-16-8-11(14)12(15)18-13;9-5-6-1-3-7(4-2-6)8(10)11;1-2-3(4)5/h3-11,14H,1,12-13H2,2H3,(H,25,30)(H2,24,26,27,28,29);2-9,12H,10-11H2,1H3,(H2,21,22,23,24,25);2-9,12H,10-11,21H2,1H3,(H2,22,23,24,25,26);2-5,8H,6-7,14H2,1H3,(H3,15,16,17,18);1-5H;2H,1H2. The predicted molar refractivity (Wildman–Crippen MR) is 480 cm³/mol. The van der Waals surface area contributed by atoms with Crippen molar-refractivity contribution in [1.82, 2.24) is 69.8 Å². The number of fused-ring (bicyclic) bond motifs is 3. The fraction of sp³-hybridized carbons (Fsp3) is 0.140. The van der Waals surface area contributed by atoms with Crippen molar-refractivity contribution in [2.24, 2.45) is 0 Å². The Balaban J connectivity index is 0.000000167. The Kier molecular flexibility index (Phi) is 34.6. The summed E-state index contributed by atoms with van der Waals surface area (Å²) < 4.78 is 41.9. The molecule has 0 bridgehead atoms. The molecule has 0 aliphatic rings. The number of carbonyl (C=O) groups excluding carboxylic acids is 3. The highest BCUT2D eigenvalue weighted by Crippen LogP contribution is 2.29. The molecule has 0 fully saturated rings. The number of nitro benzene ring substituents is 2. The van der Waals surface area contributed by atoms with Crippen LogP contribution in [0.2, 0.25) is 0 Å². The molecule has 15 rings (SSSR count). The number of ether oxygens (including phenoxy) is 8. The van der Waals surface area contributed by atoms with E-state index in [1.54, 1.807) is 71.3 Å². The molecule has 646 valence electrons. The van der Waals surface area contributed by atoms with Gasteiger partial charge in [0.15, 0.2) is 22.8 Å². The van der Waals surface area contributed by atoms with Gasteiger partial charge in [-0.2, -0.15) is 19.9 Å². The summed E-state index contributed by atoms with van der Waals surface area (Å²) >= 11 is 4.71. The number of imidazole rings is 3. The number of amides is 1. The van der Waals surface area contributed by atoms with Crippen LogP contribution in [0.25, 0.3) is 67.7 Å². The summed E-state index contributed by atoms with van der Waals surface area (Å²) in [4.78, 5) is 109. The van der Waals surface area contributed by atoms with Gasteiger partial charge in [-0.15, -0.1) is 0 Å². The minimum Gasteiger partial charge on any atom is -0.491 e. The number of benzene rings is 8. The quantitative estimate of drug-likeness (QED) is 0.00346. The molecule has 15 aromatic rings. The Morgan fingerprint density at radius 1 is 0.405 bits per heavy atom. The third-order valence-electron chi connectivity index (χ3n) is 16.8. The molecule has 0 radical (unpaired) electrons. The summed E-state index contributed by atoms with van der Waals surface area (Å²) in [6.07, 6.45) is 9.40. The molecule has 0 aliphatic carbocycles. The molecule has 0 aliphatic heterocycles. The van der Waals surface area contributed by atoms with Crippen molar-refractivity contribution in [3.05, 3.63) is 270 Å². The summed E-state index contributed by atoms with van der Waals surface area (Å²) in [5.41, 5.74) is 28.7. The van der Waals surface area contributed by atoms with Gasteiger partial charge in [-0.1, -0.05) is 13.2 Å². The van der Waals surface area contributed by atoms with Crippen molar-refractivity contribution in [3.63, 3.8) is 0 Å². The topological polar surface area (TPSA) is 539 Å². The molecule has 7 heterocycles. The first-order chi connectivity index (χ1) is 61.2. The van der Waals surface area contributed by atoms with Gasteiger partial charge < -0.3 is 96.6 Å². The molecule has 39 nitrogen and oxygen atoms in total. The number of aldehydes is 1. The number of carbonyl (C=O) groups is 3. The van der Waals surface area contributed by atoms with Gasteiger partial charge in [0.1, 0.15) is 89.7 Å². The number of anilines is 12. The second-order valence-corrected chi connectivity index (χ2v) is 26.1. The van der Waals surface area contributed by atoms with Crippen molar-refractivity contribution in [2.45, 2.75) is 0 Å². The Morgan fingerprint density at radius 3 is 0.992 bits per heavy atom. The zero-order chi connectivity index (χ0) is 89.5. The van der Waals surface area contributed by atoms with Crippen LogP contribution in [0.3, 0.4) is 0 Å². The number of nitrogen functional groups attached to an aromatic ring is 3. The summed E-state index contributed by atoms with van der Waals surface area (Å²) in [5.74, 6) is 6.68. The van der Waals surface area contributed by atoms with E-state index in [4.69, 9.17) is 66.7 Å². The first-order valence-corrected chi connectivity index (χ1v) is 38.2. The molecule has 0 spiro atoms. The number of H-pyrrole nitrogens is 3. The zero-order valence-corrected chi connectivity index (χ0v) is 68.9. The molecular weight excluding hydrogens is 1640 g/mol. The minimum atomic E-state index is -0.509. The molecule has 0 saturated carbocycles. The van der Waals surface area contributed by atoms with Crippen molar-refractivity contribution in [2.75, 3.05) is 125 Å². The number of methoxy groups -OCH3 is 4. The van der Waals surface area contributed by atoms with Gasteiger partial charge >= 0.3 is 0 Å². The van der Waals surface area contributed by atoms with Gasteiger partial charge in [0.25, 0.3) is 11.4 Å². The maximum Gasteiger partial charge on any atom is 0.269 e. The molecule has 0 unspecified atom stereocenters. The number of hydrogen-bond acceptors (Lipinski definition) is 33. The van der Waals surface area contributed by atoms with E-state index >= 15 is 0 Å². The number of nitro groups is 2. The second-order valence-electron chi connectivity index (χ2n) is 25.7. The van der Waals surface area contributed by atoms with Crippen LogP contribution in [0.5, 0.6) is 23.0 Å². The average Bonchev–Trinajstić information content (AvgIpc) is 1.67. The molecular formula is C86H85ClN24O15. The maximum atomic E-state index is 11.4. The number of allylic oxidation sites excluding steroid dienone is 1. The largest absolute Gasteiger partial charge is 0.491 e. The van der Waals surface area contributed by atoms with Crippen molar-refractivity contribution < 1.29 is 62.1 Å². The van der Waals surface area contributed by atoms with E-state index in [-0.39, 0.29) is 23.1 Å². The molecule has 8 aromatic carbocycles. The first kappa shape index (κ1) is 91.8. The maximum absolute atomic E-state index is 11.4. The van der Waals surface area contributed by atoms with Crippen LogP contribution in [0, 0.1) is 20.2 Å². The summed E-state index contributed by atoms with van der Waals surface area (Å²) in [6.45, 7) is 10.7. The molecule has 1 amide bonds. The molecule has 0 saturated heterocycles. The number of hydrogen-bond donors (Lipinski definition) is 11. The van der Waals surface area contributed by atoms with E-state index in [1.807, 2.05) is 133 Å². The van der Waals surface area contributed by atoms with E-state index in [2.05, 4.69) is 110 Å². The lowest BCUT2D eigenvalue weighted by Gasteiger charge is -2.08. The fourth-order valence-electron chi connectivity index (χ4n) is 10.5. The molecule has 7 aromatic heterocycles. The lowest BCUT2D eigenvalue weighted by atomic mass is 10.2.